The van der Waals surface area contributed by atoms with Crippen molar-refractivity contribution < 1.29 is 55.4 Å². The highest BCUT2D eigenvalue weighted by Crippen LogP contribution is 2.33. The van der Waals surface area contributed by atoms with Gasteiger partial charge < -0.3 is 28.3 Å². The first-order chi connectivity index (χ1) is 25.8. The number of fused-ring (bicyclic) bond motifs is 2. The van der Waals surface area contributed by atoms with E-state index in [0.717, 1.165) is 54.4 Å². The van der Waals surface area contributed by atoms with E-state index in [1.807, 2.05) is 50.5 Å². The Bertz CT molecular complexity index is 2090. The van der Waals surface area contributed by atoms with Crippen LogP contribution in [0.1, 0.15) is 77.8 Å². The number of ether oxygens (including phenoxy) is 3. The number of carboxylic acids is 1. The number of carbonyl (C=O) groups is 2. The van der Waals surface area contributed by atoms with Crippen LogP contribution in [0.5, 0.6) is 17.2 Å². The van der Waals surface area contributed by atoms with Crippen LogP contribution < -0.4 is 18.8 Å². The van der Waals surface area contributed by atoms with Crippen LogP contribution >= 0.6 is 0 Å². The zero-order chi connectivity index (χ0) is 40.6. The van der Waals surface area contributed by atoms with Crippen LogP contribution in [-0.4, -0.2) is 112 Å². The number of nitrogens with zero attached hydrogens (tertiary/aromatic N) is 3. The molecule has 0 atom stereocenters. The van der Waals surface area contributed by atoms with Gasteiger partial charge in [0.1, 0.15) is 23.8 Å². The van der Waals surface area contributed by atoms with Crippen molar-refractivity contribution in [2.24, 2.45) is 0 Å². The van der Waals surface area contributed by atoms with Gasteiger partial charge in [-0.2, -0.15) is 13.0 Å². The predicted octanol–water partition coefficient (Wildman–Crippen LogP) is 6.60. The van der Waals surface area contributed by atoms with Crippen LogP contribution in [0, 0.1) is 13.8 Å². The average Bonchev–Trinajstić information content (AvgIpc) is 3.09. The van der Waals surface area contributed by atoms with Gasteiger partial charge in [-0.1, -0.05) is 13.8 Å². The molecular weight excluding hydrogens is 723 g/mol. The SMILES string of the molecule is CCC[n+]1c2ccc(OCCC[N+](C)(C)CCC)cc2c(C(=O)Oc2c(C)cc(C(=O)O)cc2C)c2cc(OCCC[N+](C)(C)CCCS(=O)(=O)O)ccc21. The Morgan fingerprint density at radius 3 is 1.67 bits per heavy atom. The maximum absolute atomic E-state index is 14.5. The normalized spacial score (nSPS) is 12.3. The molecule has 0 amide bonds. The van der Waals surface area contributed by atoms with E-state index < -0.39 is 22.1 Å². The molecule has 1 heterocycles. The summed E-state index contributed by atoms with van der Waals surface area (Å²) in [7, 11) is 4.48. The molecular formula is C42H60N3O9S+3. The molecule has 0 saturated heterocycles. The second-order valence-corrected chi connectivity index (χ2v) is 17.4. The van der Waals surface area contributed by atoms with Gasteiger partial charge >= 0.3 is 11.9 Å². The molecule has 4 rings (SSSR count). The molecule has 0 aliphatic heterocycles. The van der Waals surface area contributed by atoms with Gasteiger partial charge in [0, 0.05) is 37.8 Å². The zero-order valence-corrected chi connectivity index (χ0v) is 34.6. The molecule has 2 N–H and O–H groups in total. The molecule has 0 bridgehead atoms. The number of carbonyl (C=O) groups excluding carboxylic acids is 1. The summed E-state index contributed by atoms with van der Waals surface area (Å²) in [6.45, 7) is 12.8. The van der Waals surface area contributed by atoms with E-state index in [1.54, 1.807) is 13.8 Å². The molecule has 55 heavy (non-hydrogen) atoms. The highest BCUT2D eigenvalue weighted by molar-refractivity contribution is 7.85. The minimum absolute atomic E-state index is 0.117. The van der Waals surface area contributed by atoms with Gasteiger partial charge in [0.15, 0.2) is 0 Å². The van der Waals surface area contributed by atoms with E-state index in [4.69, 9.17) is 18.8 Å². The summed E-state index contributed by atoms with van der Waals surface area (Å²) >= 11 is 0. The first-order valence-corrected chi connectivity index (χ1v) is 20.8. The fourth-order valence-corrected chi connectivity index (χ4v) is 7.78. The molecule has 13 heteroatoms. The third-order valence-corrected chi connectivity index (χ3v) is 10.8. The number of aromatic carboxylic acids is 1. The lowest BCUT2D eigenvalue weighted by Crippen LogP contribution is -2.42. The largest absolute Gasteiger partial charge is 0.493 e. The number of hydrogen-bond acceptors (Lipinski definition) is 7. The fourth-order valence-electron chi connectivity index (χ4n) is 7.29. The lowest BCUT2D eigenvalue weighted by Gasteiger charge is -2.29. The summed E-state index contributed by atoms with van der Waals surface area (Å²) in [5.41, 5.74) is 3.23. The lowest BCUT2D eigenvalue weighted by molar-refractivity contribution is -0.890. The van der Waals surface area contributed by atoms with Gasteiger partial charge in [0.2, 0.25) is 11.0 Å². The molecule has 4 aromatic rings. The first kappa shape index (κ1) is 43.4. The molecule has 0 spiro atoms. The standard InChI is InChI=1S/C42H58N3O9S/c1-9-18-43-37-16-14-33(52-23-11-20-44(5,6)19-10-2)28-35(37)39(42(48)54-40-30(3)26-32(41(46)47)27-31(40)4)36-29-34(15-17-38(36)43)53-24-12-21-45(7,8)22-13-25-55(49,50)51/h14-17,26-29H,9-13,18-25H2,1-8H3/q+1/p+2. The number of carboxylic acid groups (broad SMARTS) is 1. The summed E-state index contributed by atoms with van der Waals surface area (Å²) in [5, 5.41) is 10.9. The summed E-state index contributed by atoms with van der Waals surface area (Å²) in [6.07, 6.45) is 3.89. The van der Waals surface area contributed by atoms with Crippen molar-refractivity contribution in [2.45, 2.75) is 66.3 Å². The molecule has 1 aromatic heterocycles. The zero-order valence-electron chi connectivity index (χ0n) is 33.8. The van der Waals surface area contributed by atoms with Crippen LogP contribution in [0.3, 0.4) is 0 Å². The van der Waals surface area contributed by atoms with Gasteiger partial charge in [-0.3, -0.25) is 4.55 Å². The van der Waals surface area contributed by atoms with Crippen LogP contribution in [0.4, 0.5) is 0 Å². The highest BCUT2D eigenvalue weighted by Gasteiger charge is 2.28. The van der Waals surface area contributed by atoms with E-state index in [1.165, 1.54) is 12.1 Å². The molecule has 0 aliphatic rings. The smallest absolute Gasteiger partial charge is 0.345 e. The molecule has 0 fully saturated rings. The van der Waals surface area contributed by atoms with E-state index in [9.17, 15) is 23.1 Å². The Morgan fingerprint density at radius 1 is 0.727 bits per heavy atom. The summed E-state index contributed by atoms with van der Waals surface area (Å²) in [6, 6.07) is 14.6. The van der Waals surface area contributed by atoms with Gasteiger partial charge in [-0.25, -0.2) is 9.59 Å². The monoisotopic (exact) mass is 782 g/mol. The molecule has 12 nitrogen and oxygen atoms in total. The van der Waals surface area contributed by atoms with Gasteiger partial charge in [-0.15, -0.1) is 0 Å². The highest BCUT2D eigenvalue weighted by atomic mass is 32.2. The molecule has 0 saturated carbocycles. The second-order valence-electron chi connectivity index (χ2n) is 15.8. The van der Waals surface area contributed by atoms with Crippen molar-refractivity contribution in [1.82, 2.24) is 0 Å². The number of quaternary nitrogens is 2. The Kier molecular flexibility index (Phi) is 14.7. The van der Waals surface area contributed by atoms with Crippen molar-refractivity contribution in [3.05, 3.63) is 70.8 Å². The van der Waals surface area contributed by atoms with E-state index in [0.29, 0.717) is 88.3 Å². The number of pyridine rings is 1. The number of benzene rings is 3. The molecule has 0 aliphatic carbocycles. The van der Waals surface area contributed by atoms with Crippen LogP contribution in [0.25, 0.3) is 21.8 Å². The van der Waals surface area contributed by atoms with E-state index >= 15 is 0 Å². The Balaban J connectivity index is 1.73. The quantitative estimate of drug-likeness (QED) is 0.0182. The van der Waals surface area contributed by atoms with E-state index in [2.05, 4.69) is 32.5 Å². The van der Waals surface area contributed by atoms with Crippen molar-refractivity contribution >= 4 is 43.9 Å². The number of aromatic nitrogens is 1. The summed E-state index contributed by atoms with van der Waals surface area (Å²) < 4.78 is 53.8. The van der Waals surface area contributed by atoms with Crippen LogP contribution in [0.2, 0.25) is 0 Å². The molecule has 0 radical (unpaired) electrons. The molecule has 300 valence electrons. The Labute approximate surface area is 326 Å². The summed E-state index contributed by atoms with van der Waals surface area (Å²) in [4.78, 5) is 26.3. The average molecular weight is 783 g/mol. The minimum Gasteiger partial charge on any atom is -0.493 e. The number of hydrogen-bond donors (Lipinski definition) is 2. The fraction of sp³-hybridized carbons (Fsp3) is 0.500. The third kappa shape index (κ3) is 12.1. The third-order valence-electron chi connectivity index (χ3n) is 9.96. The van der Waals surface area contributed by atoms with Crippen molar-refractivity contribution in [2.75, 3.05) is 73.3 Å². The first-order valence-electron chi connectivity index (χ1n) is 19.2. The van der Waals surface area contributed by atoms with E-state index in [-0.39, 0.29) is 11.3 Å². The van der Waals surface area contributed by atoms with Gasteiger partial charge in [-0.05, 0) is 67.8 Å². The Morgan fingerprint density at radius 2 is 1.22 bits per heavy atom. The lowest BCUT2D eigenvalue weighted by atomic mass is 10.0. The van der Waals surface area contributed by atoms with Gasteiger partial charge in [0.05, 0.1) is 95.2 Å². The van der Waals surface area contributed by atoms with Crippen molar-refractivity contribution in [3.63, 3.8) is 0 Å². The number of rotatable bonds is 21. The predicted molar refractivity (Wildman–Crippen MR) is 215 cm³/mol. The second kappa shape index (κ2) is 18.6. The number of esters is 1. The molecule has 3 aromatic carbocycles. The van der Waals surface area contributed by atoms with Gasteiger partial charge in [0.25, 0.3) is 10.1 Å². The van der Waals surface area contributed by atoms with Crippen molar-refractivity contribution in [1.29, 1.82) is 0 Å². The number of aryl methyl sites for hydroxylation is 3. The van der Waals surface area contributed by atoms with Crippen molar-refractivity contribution in [3.8, 4) is 17.2 Å². The molecule has 0 unspecified atom stereocenters. The topological polar surface area (TPSA) is 140 Å². The van der Waals surface area contributed by atoms with Crippen LogP contribution in [0.15, 0.2) is 48.5 Å². The Hall–Kier alpha value is -4.30. The summed E-state index contributed by atoms with van der Waals surface area (Å²) in [5.74, 6) is -0.364. The maximum atomic E-state index is 14.5. The maximum Gasteiger partial charge on any atom is 0.345 e. The minimum atomic E-state index is -4.00. The van der Waals surface area contributed by atoms with Crippen LogP contribution in [-0.2, 0) is 16.7 Å².